The summed E-state index contributed by atoms with van der Waals surface area (Å²) >= 11 is 3.64. The zero-order valence-corrected chi connectivity index (χ0v) is 16.8. The minimum Gasteiger partial charge on any atom is -0.378 e. The highest BCUT2D eigenvalue weighted by atomic mass is 79.9. The molecular formula is C20H22BrN5. The van der Waals surface area contributed by atoms with Crippen LogP contribution < -0.4 is 10.2 Å². The molecule has 2 aromatic carbocycles. The van der Waals surface area contributed by atoms with Crippen molar-refractivity contribution < 1.29 is 0 Å². The van der Waals surface area contributed by atoms with E-state index >= 15 is 0 Å². The van der Waals surface area contributed by atoms with E-state index in [1.807, 2.05) is 11.6 Å². The third kappa shape index (κ3) is 3.09. The predicted octanol–water partition coefficient (Wildman–Crippen LogP) is 4.64. The summed E-state index contributed by atoms with van der Waals surface area (Å²) in [6, 6.07) is 15.2. The Labute approximate surface area is 162 Å². The van der Waals surface area contributed by atoms with E-state index in [1.165, 1.54) is 16.8 Å². The summed E-state index contributed by atoms with van der Waals surface area (Å²) in [5, 5.41) is 12.3. The molecule has 5 nitrogen and oxygen atoms in total. The number of fused-ring (bicyclic) bond motifs is 3. The molecule has 1 aromatic heterocycles. The van der Waals surface area contributed by atoms with Gasteiger partial charge in [0.25, 0.3) is 0 Å². The van der Waals surface area contributed by atoms with E-state index in [9.17, 15) is 0 Å². The van der Waals surface area contributed by atoms with Crippen molar-refractivity contribution in [3.8, 4) is 11.3 Å². The molecule has 0 fully saturated rings. The van der Waals surface area contributed by atoms with Crippen molar-refractivity contribution in [2.24, 2.45) is 0 Å². The number of aromatic nitrogens is 3. The van der Waals surface area contributed by atoms with Crippen LogP contribution in [0.2, 0.25) is 0 Å². The van der Waals surface area contributed by atoms with Crippen LogP contribution in [0.15, 0.2) is 46.9 Å². The number of nitrogens with zero attached hydrogens (tertiary/aromatic N) is 4. The van der Waals surface area contributed by atoms with Crippen LogP contribution in [0.4, 0.5) is 11.4 Å². The van der Waals surface area contributed by atoms with E-state index in [4.69, 9.17) is 0 Å². The van der Waals surface area contributed by atoms with Crippen LogP contribution >= 0.6 is 15.9 Å². The van der Waals surface area contributed by atoms with Gasteiger partial charge in [-0.3, -0.25) is 0 Å². The minimum absolute atomic E-state index is 0.209. The first kappa shape index (κ1) is 17.1. The van der Waals surface area contributed by atoms with Gasteiger partial charge in [0.15, 0.2) is 0 Å². The van der Waals surface area contributed by atoms with Crippen LogP contribution in [-0.4, -0.2) is 29.1 Å². The number of halogens is 1. The molecule has 2 heterocycles. The van der Waals surface area contributed by atoms with Crippen molar-refractivity contribution in [1.82, 2.24) is 15.0 Å². The normalized spacial score (nSPS) is 15.8. The molecule has 0 bridgehead atoms. The molecule has 1 aliphatic heterocycles. The lowest BCUT2D eigenvalue weighted by Crippen LogP contribution is -2.14. The molecule has 0 amide bonds. The summed E-state index contributed by atoms with van der Waals surface area (Å²) in [6.45, 7) is 2.87. The van der Waals surface area contributed by atoms with Crippen LogP contribution in [0.25, 0.3) is 11.3 Å². The second-order valence-corrected chi connectivity index (χ2v) is 7.82. The van der Waals surface area contributed by atoms with Gasteiger partial charge in [0.2, 0.25) is 0 Å². The van der Waals surface area contributed by atoms with Crippen molar-refractivity contribution in [3.05, 3.63) is 58.2 Å². The maximum atomic E-state index is 4.34. The first-order valence-corrected chi connectivity index (χ1v) is 9.56. The van der Waals surface area contributed by atoms with Gasteiger partial charge in [0.05, 0.1) is 17.4 Å². The van der Waals surface area contributed by atoms with Gasteiger partial charge < -0.3 is 10.2 Å². The number of hydrogen-bond donors (Lipinski definition) is 1. The Hall–Kier alpha value is -2.34. The van der Waals surface area contributed by atoms with Crippen LogP contribution in [0, 0.1) is 6.92 Å². The minimum atomic E-state index is 0.209. The van der Waals surface area contributed by atoms with Gasteiger partial charge in [-0.05, 0) is 49.2 Å². The molecular weight excluding hydrogens is 390 g/mol. The number of benzene rings is 2. The number of nitrogens with one attached hydrogen (secondary N) is 1. The molecule has 1 aliphatic rings. The first-order chi connectivity index (χ1) is 12.5. The Kier molecular flexibility index (Phi) is 4.44. The number of anilines is 2. The third-order valence-corrected chi connectivity index (χ3v) is 5.37. The molecule has 134 valence electrons. The van der Waals surface area contributed by atoms with E-state index in [2.05, 4.69) is 93.0 Å². The van der Waals surface area contributed by atoms with Gasteiger partial charge in [-0.1, -0.05) is 33.3 Å². The molecule has 1 N–H and O–H groups in total. The molecule has 1 atom stereocenters. The number of rotatable bonds is 3. The summed E-state index contributed by atoms with van der Waals surface area (Å²) < 4.78 is 3.11. The van der Waals surface area contributed by atoms with E-state index in [0.717, 1.165) is 34.5 Å². The van der Waals surface area contributed by atoms with Crippen LogP contribution in [0.1, 0.15) is 23.7 Å². The molecule has 1 unspecified atom stereocenters. The van der Waals surface area contributed by atoms with Crippen LogP contribution in [0.3, 0.4) is 0 Å². The lowest BCUT2D eigenvalue weighted by Gasteiger charge is -2.22. The zero-order valence-electron chi connectivity index (χ0n) is 15.2. The predicted molar refractivity (Wildman–Crippen MR) is 110 cm³/mol. The summed E-state index contributed by atoms with van der Waals surface area (Å²) in [6.07, 6.45) is 0.950. The van der Waals surface area contributed by atoms with Crippen LogP contribution in [0.5, 0.6) is 0 Å². The van der Waals surface area contributed by atoms with E-state index in [-0.39, 0.29) is 6.04 Å². The second-order valence-electron chi connectivity index (χ2n) is 6.91. The fourth-order valence-electron chi connectivity index (χ4n) is 3.56. The smallest absolute Gasteiger partial charge is 0.0918 e. The SMILES string of the molecule is Cc1nnn2c1-c1ccc(Br)cc1C(Nc1cccc(N(C)C)c1)CC2. The monoisotopic (exact) mass is 411 g/mol. The first-order valence-electron chi connectivity index (χ1n) is 8.77. The van der Waals surface area contributed by atoms with Crippen molar-refractivity contribution in [2.75, 3.05) is 24.3 Å². The molecule has 0 saturated heterocycles. The molecule has 3 aromatic rings. The summed E-state index contributed by atoms with van der Waals surface area (Å²) in [7, 11) is 4.12. The van der Waals surface area contributed by atoms with Gasteiger partial charge in [-0.2, -0.15) is 0 Å². The summed E-state index contributed by atoms with van der Waals surface area (Å²) in [4.78, 5) is 2.12. The summed E-state index contributed by atoms with van der Waals surface area (Å²) in [5.41, 5.74) is 6.89. The average Bonchev–Trinajstić information content (AvgIpc) is 2.91. The van der Waals surface area contributed by atoms with E-state index in [1.54, 1.807) is 0 Å². The Morgan fingerprint density at radius 3 is 2.85 bits per heavy atom. The molecule has 4 rings (SSSR count). The second kappa shape index (κ2) is 6.76. The Bertz CT molecular complexity index is 947. The van der Waals surface area contributed by atoms with Gasteiger partial charge >= 0.3 is 0 Å². The van der Waals surface area contributed by atoms with E-state index in [0.29, 0.717) is 0 Å². The lowest BCUT2D eigenvalue weighted by molar-refractivity contribution is 0.539. The van der Waals surface area contributed by atoms with Gasteiger partial charge in [-0.25, -0.2) is 4.68 Å². The number of aryl methyl sites for hydroxylation is 2. The Morgan fingerprint density at radius 2 is 2.04 bits per heavy atom. The lowest BCUT2D eigenvalue weighted by atomic mass is 9.96. The fraction of sp³-hybridized carbons (Fsp3) is 0.300. The molecule has 0 saturated carbocycles. The highest BCUT2D eigenvalue weighted by Crippen LogP contribution is 2.38. The third-order valence-electron chi connectivity index (χ3n) is 4.88. The average molecular weight is 412 g/mol. The number of hydrogen-bond acceptors (Lipinski definition) is 4. The molecule has 0 spiro atoms. The fourth-order valence-corrected chi connectivity index (χ4v) is 3.94. The molecule has 0 aliphatic carbocycles. The van der Waals surface area contributed by atoms with Gasteiger partial charge in [-0.15, -0.1) is 5.10 Å². The topological polar surface area (TPSA) is 46.0 Å². The van der Waals surface area contributed by atoms with Gasteiger partial charge in [0, 0.05) is 42.1 Å². The maximum Gasteiger partial charge on any atom is 0.0918 e. The zero-order chi connectivity index (χ0) is 18.3. The maximum absolute atomic E-state index is 4.34. The standard InChI is InChI=1S/C20H22BrN5/c1-13-20-17-8-7-14(21)11-18(17)19(9-10-26(20)24-23-13)22-15-5-4-6-16(12-15)25(2)3/h4-8,11-12,19,22H,9-10H2,1-3H3. The largest absolute Gasteiger partial charge is 0.378 e. The van der Waals surface area contributed by atoms with Crippen LogP contribution in [-0.2, 0) is 6.54 Å². The quantitative estimate of drug-likeness (QED) is 0.681. The van der Waals surface area contributed by atoms with Crippen molar-refractivity contribution in [1.29, 1.82) is 0 Å². The highest BCUT2D eigenvalue weighted by molar-refractivity contribution is 9.10. The van der Waals surface area contributed by atoms with Gasteiger partial charge in [0.1, 0.15) is 0 Å². The molecule has 0 radical (unpaired) electrons. The van der Waals surface area contributed by atoms with Crippen molar-refractivity contribution in [3.63, 3.8) is 0 Å². The Balaban J connectivity index is 1.75. The van der Waals surface area contributed by atoms with E-state index < -0.39 is 0 Å². The Morgan fingerprint density at radius 1 is 1.19 bits per heavy atom. The molecule has 6 heteroatoms. The van der Waals surface area contributed by atoms with Crippen molar-refractivity contribution >= 4 is 27.3 Å². The molecule has 26 heavy (non-hydrogen) atoms. The highest BCUT2D eigenvalue weighted by Gasteiger charge is 2.25. The summed E-state index contributed by atoms with van der Waals surface area (Å²) in [5.74, 6) is 0. The van der Waals surface area contributed by atoms with Crippen molar-refractivity contribution in [2.45, 2.75) is 25.9 Å².